The molecule has 94 valence electrons. The molecule has 1 fully saturated rings. The highest BCUT2D eigenvalue weighted by molar-refractivity contribution is 7.22. The van der Waals surface area contributed by atoms with E-state index in [2.05, 4.69) is 4.98 Å². The van der Waals surface area contributed by atoms with Crippen LogP contribution >= 0.6 is 11.3 Å². The number of amides is 1. The minimum absolute atomic E-state index is 0.0413. The molecular formula is C12H13N3O2S. The van der Waals surface area contributed by atoms with E-state index in [9.17, 15) is 9.90 Å². The molecule has 2 heterocycles. The molecule has 1 saturated heterocycles. The van der Waals surface area contributed by atoms with Gasteiger partial charge in [-0.3, -0.25) is 4.79 Å². The van der Waals surface area contributed by atoms with Gasteiger partial charge >= 0.3 is 0 Å². The summed E-state index contributed by atoms with van der Waals surface area (Å²) in [6.07, 6.45) is 0.262. The van der Waals surface area contributed by atoms with Crippen LogP contribution in [0.4, 0.5) is 5.13 Å². The first-order valence-corrected chi connectivity index (χ1v) is 6.58. The van der Waals surface area contributed by atoms with E-state index >= 15 is 0 Å². The van der Waals surface area contributed by atoms with Crippen LogP contribution in [0.5, 0.6) is 0 Å². The minimum Gasteiger partial charge on any atom is -0.391 e. The number of nitrogens with zero attached hydrogens (tertiary/aromatic N) is 2. The van der Waals surface area contributed by atoms with E-state index in [-0.39, 0.29) is 5.91 Å². The topological polar surface area (TPSA) is 79.5 Å². The first-order valence-electron chi connectivity index (χ1n) is 5.77. The lowest BCUT2D eigenvalue weighted by Gasteiger charge is -2.15. The molecule has 1 aromatic heterocycles. The van der Waals surface area contributed by atoms with Crippen molar-refractivity contribution in [3.63, 3.8) is 0 Å². The molecule has 0 unspecified atom stereocenters. The predicted molar refractivity (Wildman–Crippen MR) is 70.6 cm³/mol. The highest BCUT2D eigenvalue weighted by Crippen LogP contribution is 2.25. The number of carbonyl (C=O) groups excluding carboxylic acids is 1. The standard InChI is InChI=1S/C12H13N3O2S/c13-12-14-9-2-1-7(5-10(9)18-12)11(17)15-4-3-8(16)6-15/h1-2,5,8,16H,3-4,6H2,(H2,13,14)/t8-/m1/s1. The molecular weight excluding hydrogens is 250 g/mol. The van der Waals surface area contributed by atoms with Crippen molar-refractivity contribution in [1.29, 1.82) is 0 Å². The smallest absolute Gasteiger partial charge is 0.253 e. The molecule has 1 aliphatic rings. The molecule has 0 radical (unpaired) electrons. The highest BCUT2D eigenvalue weighted by Gasteiger charge is 2.25. The Morgan fingerprint density at radius 1 is 1.56 bits per heavy atom. The molecule has 5 nitrogen and oxygen atoms in total. The summed E-state index contributed by atoms with van der Waals surface area (Å²) in [6, 6.07) is 5.38. The number of benzene rings is 1. The minimum atomic E-state index is -0.392. The van der Waals surface area contributed by atoms with Crippen LogP contribution in [0.3, 0.4) is 0 Å². The molecule has 2 aromatic rings. The maximum absolute atomic E-state index is 12.2. The second-order valence-corrected chi connectivity index (χ2v) is 5.49. The number of hydrogen-bond acceptors (Lipinski definition) is 5. The maximum atomic E-state index is 12.2. The number of carbonyl (C=O) groups is 1. The average Bonchev–Trinajstić information content (AvgIpc) is 2.92. The molecule has 0 spiro atoms. The second-order valence-electron chi connectivity index (χ2n) is 4.43. The van der Waals surface area contributed by atoms with Gasteiger partial charge in [-0.1, -0.05) is 11.3 Å². The van der Waals surface area contributed by atoms with Crippen molar-refractivity contribution in [3.05, 3.63) is 23.8 Å². The summed E-state index contributed by atoms with van der Waals surface area (Å²) in [6.45, 7) is 1.03. The van der Waals surface area contributed by atoms with Crippen molar-refractivity contribution in [1.82, 2.24) is 9.88 Å². The monoisotopic (exact) mass is 263 g/mol. The normalized spacial score (nSPS) is 19.6. The Morgan fingerprint density at radius 2 is 2.39 bits per heavy atom. The van der Waals surface area contributed by atoms with Crippen molar-refractivity contribution in [2.24, 2.45) is 0 Å². The van der Waals surface area contributed by atoms with Crippen LogP contribution in [0.2, 0.25) is 0 Å². The van der Waals surface area contributed by atoms with Crippen molar-refractivity contribution >= 4 is 32.6 Å². The summed E-state index contributed by atoms with van der Waals surface area (Å²) < 4.78 is 0.915. The van der Waals surface area contributed by atoms with E-state index in [1.54, 1.807) is 11.0 Å². The van der Waals surface area contributed by atoms with Gasteiger partial charge in [-0.2, -0.15) is 0 Å². The molecule has 1 aliphatic heterocycles. The van der Waals surface area contributed by atoms with Crippen LogP contribution in [-0.2, 0) is 0 Å². The van der Waals surface area contributed by atoms with Crippen LogP contribution in [0, 0.1) is 0 Å². The van der Waals surface area contributed by atoms with E-state index in [0.29, 0.717) is 30.2 Å². The lowest BCUT2D eigenvalue weighted by molar-refractivity contribution is 0.0765. The van der Waals surface area contributed by atoms with E-state index in [4.69, 9.17) is 5.73 Å². The molecule has 6 heteroatoms. The van der Waals surface area contributed by atoms with Crippen LogP contribution in [-0.4, -0.2) is 40.1 Å². The Bertz CT molecular complexity index is 610. The molecule has 1 atom stereocenters. The molecule has 3 N–H and O–H groups in total. The number of anilines is 1. The van der Waals surface area contributed by atoms with Crippen LogP contribution in [0.15, 0.2) is 18.2 Å². The Balaban J connectivity index is 1.91. The zero-order valence-corrected chi connectivity index (χ0v) is 10.5. The van der Waals surface area contributed by atoms with Crippen molar-refractivity contribution in [3.8, 4) is 0 Å². The van der Waals surface area contributed by atoms with Crippen molar-refractivity contribution in [2.75, 3.05) is 18.8 Å². The highest BCUT2D eigenvalue weighted by atomic mass is 32.1. The third-order valence-electron chi connectivity index (χ3n) is 3.10. The number of aliphatic hydroxyl groups excluding tert-OH is 1. The van der Waals surface area contributed by atoms with Crippen LogP contribution in [0.25, 0.3) is 10.2 Å². The van der Waals surface area contributed by atoms with Gasteiger partial charge < -0.3 is 15.7 Å². The number of aliphatic hydroxyl groups is 1. The lowest BCUT2D eigenvalue weighted by Crippen LogP contribution is -2.29. The third-order valence-corrected chi connectivity index (χ3v) is 3.95. The molecule has 0 bridgehead atoms. The van der Waals surface area contributed by atoms with E-state index < -0.39 is 6.10 Å². The summed E-state index contributed by atoms with van der Waals surface area (Å²) in [7, 11) is 0. The van der Waals surface area contributed by atoms with Crippen LogP contribution in [0.1, 0.15) is 16.8 Å². The molecule has 18 heavy (non-hydrogen) atoms. The molecule has 0 aliphatic carbocycles. The average molecular weight is 263 g/mol. The quantitative estimate of drug-likeness (QED) is 0.807. The van der Waals surface area contributed by atoms with Gasteiger partial charge in [0.05, 0.1) is 16.3 Å². The van der Waals surface area contributed by atoms with Gasteiger partial charge in [-0.15, -0.1) is 0 Å². The Kier molecular flexibility index (Phi) is 2.68. The number of thiazole rings is 1. The summed E-state index contributed by atoms with van der Waals surface area (Å²) >= 11 is 1.37. The number of nitrogens with two attached hydrogens (primary N) is 1. The largest absolute Gasteiger partial charge is 0.391 e. The van der Waals surface area contributed by atoms with E-state index in [0.717, 1.165) is 10.2 Å². The van der Waals surface area contributed by atoms with Gasteiger partial charge in [-0.25, -0.2) is 4.98 Å². The van der Waals surface area contributed by atoms with Crippen molar-refractivity contribution < 1.29 is 9.90 Å². The number of nitrogen functional groups attached to an aromatic ring is 1. The van der Waals surface area contributed by atoms with Gasteiger partial charge in [0.15, 0.2) is 5.13 Å². The second kappa shape index (κ2) is 4.22. The Morgan fingerprint density at radius 3 is 3.11 bits per heavy atom. The fourth-order valence-corrected chi connectivity index (χ4v) is 2.96. The summed E-state index contributed by atoms with van der Waals surface area (Å²) in [5.41, 5.74) is 7.08. The summed E-state index contributed by atoms with van der Waals surface area (Å²) in [5, 5.41) is 9.96. The summed E-state index contributed by atoms with van der Waals surface area (Å²) in [4.78, 5) is 18.0. The van der Waals surface area contributed by atoms with Crippen molar-refractivity contribution in [2.45, 2.75) is 12.5 Å². The fourth-order valence-electron chi connectivity index (χ4n) is 2.18. The first-order chi connectivity index (χ1) is 8.63. The predicted octanol–water partition coefficient (Wildman–Crippen LogP) is 1.09. The zero-order chi connectivity index (χ0) is 12.7. The van der Waals surface area contributed by atoms with Gasteiger partial charge in [0.2, 0.25) is 0 Å². The van der Waals surface area contributed by atoms with Gasteiger partial charge in [0, 0.05) is 18.7 Å². The SMILES string of the molecule is Nc1nc2ccc(C(=O)N3CC[C@@H](O)C3)cc2s1. The van der Waals surface area contributed by atoms with Gasteiger partial charge in [0.25, 0.3) is 5.91 Å². The molecule has 3 rings (SSSR count). The number of aromatic nitrogens is 1. The number of β-amino-alcohol motifs (C(OH)–C–C–N with tert-alkyl or cyclic N) is 1. The molecule has 1 amide bonds. The molecule has 0 saturated carbocycles. The molecule has 1 aromatic carbocycles. The van der Waals surface area contributed by atoms with Crippen LogP contribution < -0.4 is 5.73 Å². The number of fused-ring (bicyclic) bond motifs is 1. The van der Waals surface area contributed by atoms with E-state index in [1.807, 2.05) is 12.1 Å². The number of hydrogen-bond donors (Lipinski definition) is 2. The Hall–Kier alpha value is -1.66. The lowest BCUT2D eigenvalue weighted by atomic mass is 10.2. The first kappa shape index (κ1) is 11.4. The third kappa shape index (κ3) is 1.93. The van der Waals surface area contributed by atoms with E-state index in [1.165, 1.54) is 11.3 Å². The summed E-state index contributed by atoms with van der Waals surface area (Å²) in [5.74, 6) is -0.0413. The van der Waals surface area contributed by atoms with Gasteiger partial charge in [0.1, 0.15) is 0 Å². The number of rotatable bonds is 1. The zero-order valence-electron chi connectivity index (χ0n) is 9.67. The fraction of sp³-hybridized carbons (Fsp3) is 0.333. The Labute approximate surface area is 108 Å². The van der Waals surface area contributed by atoms with Gasteiger partial charge in [-0.05, 0) is 24.6 Å². The number of likely N-dealkylation sites (tertiary alicyclic amines) is 1. The maximum Gasteiger partial charge on any atom is 0.253 e.